The maximum atomic E-state index is 8.99. The van der Waals surface area contributed by atoms with Gasteiger partial charge in [-0.3, -0.25) is 0 Å². The number of aromatic nitrogens is 1. The van der Waals surface area contributed by atoms with Crippen molar-refractivity contribution in [3.63, 3.8) is 0 Å². The van der Waals surface area contributed by atoms with Gasteiger partial charge in [0.05, 0.1) is 12.7 Å². The molecule has 0 atom stereocenters. The van der Waals surface area contributed by atoms with E-state index in [1.807, 2.05) is 18.2 Å². The number of rotatable bonds is 3. The van der Waals surface area contributed by atoms with E-state index < -0.39 is 0 Å². The summed E-state index contributed by atoms with van der Waals surface area (Å²) in [5.41, 5.74) is 1.30. The molecule has 4 nitrogen and oxygen atoms in total. The number of anilines is 2. The Morgan fingerprint density at radius 1 is 1.39 bits per heavy atom. The first kappa shape index (κ1) is 12.4. The molecular weight excluding hydrogens is 294 g/mol. The van der Waals surface area contributed by atoms with Gasteiger partial charge < -0.3 is 10.1 Å². The topological polar surface area (TPSA) is 57.9 Å². The zero-order valence-corrected chi connectivity index (χ0v) is 11.2. The highest BCUT2D eigenvalue weighted by Crippen LogP contribution is 2.27. The van der Waals surface area contributed by atoms with Crippen LogP contribution in [0.25, 0.3) is 0 Å². The van der Waals surface area contributed by atoms with Crippen molar-refractivity contribution in [3.8, 4) is 11.8 Å². The standard InChI is InChI=1S/C13H10BrN3O/c1-18-12-6-10(14)5-11(7-12)17-13-9(8-15)3-2-4-16-13/h2-7H,1H3,(H,16,17). The molecule has 0 aliphatic heterocycles. The molecule has 2 rings (SSSR count). The Labute approximate surface area is 113 Å². The van der Waals surface area contributed by atoms with Crippen molar-refractivity contribution in [3.05, 3.63) is 46.6 Å². The molecule has 0 fully saturated rings. The second-order valence-electron chi connectivity index (χ2n) is 3.52. The Hall–Kier alpha value is -2.06. The molecule has 0 amide bonds. The average molecular weight is 304 g/mol. The molecule has 1 aromatic carbocycles. The van der Waals surface area contributed by atoms with Gasteiger partial charge in [0.25, 0.3) is 0 Å². The van der Waals surface area contributed by atoms with Crippen LogP contribution in [0.15, 0.2) is 41.0 Å². The second kappa shape index (κ2) is 5.52. The molecule has 1 aromatic heterocycles. The maximum Gasteiger partial charge on any atom is 0.148 e. The van der Waals surface area contributed by atoms with Crippen LogP contribution in [-0.2, 0) is 0 Å². The van der Waals surface area contributed by atoms with Gasteiger partial charge in [0.1, 0.15) is 17.6 Å². The van der Waals surface area contributed by atoms with E-state index in [-0.39, 0.29) is 0 Å². The van der Waals surface area contributed by atoms with Gasteiger partial charge in [-0.25, -0.2) is 4.98 Å². The molecular formula is C13H10BrN3O. The SMILES string of the molecule is COc1cc(Br)cc(Nc2ncccc2C#N)c1. The Bertz CT molecular complexity index is 607. The molecule has 1 N–H and O–H groups in total. The lowest BCUT2D eigenvalue weighted by molar-refractivity contribution is 0.415. The number of nitrogens with one attached hydrogen (secondary N) is 1. The molecule has 0 spiro atoms. The molecule has 90 valence electrons. The van der Waals surface area contributed by atoms with Crippen LogP contribution >= 0.6 is 15.9 Å². The molecule has 18 heavy (non-hydrogen) atoms. The van der Waals surface area contributed by atoms with Crippen molar-refractivity contribution >= 4 is 27.4 Å². The highest BCUT2D eigenvalue weighted by atomic mass is 79.9. The van der Waals surface area contributed by atoms with E-state index >= 15 is 0 Å². The zero-order chi connectivity index (χ0) is 13.0. The van der Waals surface area contributed by atoms with Gasteiger partial charge in [0.15, 0.2) is 0 Å². The van der Waals surface area contributed by atoms with Crippen LogP contribution in [0.1, 0.15) is 5.56 Å². The molecule has 0 saturated heterocycles. The minimum atomic E-state index is 0.497. The third kappa shape index (κ3) is 2.79. The zero-order valence-electron chi connectivity index (χ0n) is 9.64. The Morgan fingerprint density at radius 2 is 2.22 bits per heavy atom. The summed E-state index contributed by atoms with van der Waals surface area (Å²) in [6.45, 7) is 0. The van der Waals surface area contributed by atoms with Crippen LogP contribution in [0, 0.1) is 11.3 Å². The third-order valence-electron chi connectivity index (χ3n) is 2.30. The number of nitriles is 1. The van der Waals surface area contributed by atoms with Crippen LogP contribution in [0.3, 0.4) is 0 Å². The second-order valence-corrected chi connectivity index (χ2v) is 4.43. The van der Waals surface area contributed by atoms with Crippen LogP contribution in [-0.4, -0.2) is 12.1 Å². The molecule has 0 saturated carbocycles. The van der Waals surface area contributed by atoms with Gasteiger partial charge in [0, 0.05) is 22.4 Å². The Kier molecular flexibility index (Phi) is 3.80. The minimum Gasteiger partial charge on any atom is -0.497 e. The number of pyridine rings is 1. The largest absolute Gasteiger partial charge is 0.497 e. The average Bonchev–Trinajstić information content (AvgIpc) is 2.38. The molecule has 0 aliphatic rings. The number of hydrogen-bond acceptors (Lipinski definition) is 4. The van der Waals surface area contributed by atoms with Gasteiger partial charge in [-0.1, -0.05) is 15.9 Å². The molecule has 5 heteroatoms. The number of ether oxygens (including phenoxy) is 1. The van der Waals surface area contributed by atoms with Crippen molar-refractivity contribution < 1.29 is 4.74 Å². The molecule has 0 unspecified atom stereocenters. The molecule has 0 bridgehead atoms. The summed E-state index contributed by atoms with van der Waals surface area (Å²) < 4.78 is 6.06. The quantitative estimate of drug-likeness (QED) is 0.943. The van der Waals surface area contributed by atoms with Gasteiger partial charge >= 0.3 is 0 Å². The fraction of sp³-hybridized carbons (Fsp3) is 0.0769. The van der Waals surface area contributed by atoms with Gasteiger partial charge in [-0.2, -0.15) is 5.26 Å². The number of hydrogen-bond donors (Lipinski definition) is 1. The lowest BCUT2D eigenvalue weighted by atomic mass is 10.2. The highest BCUT2D eigenvalue weighted by Gasteiger charge is 2.04. The lowest BCUT2D eigenvalue weighted by Crippen LogP contribution is -1.97. The smallest absolute Gasteiger partial charge is 0.148 e. The number of nitrogens with zero attached hydrogens (tertiary/aromatic N) is 2. The van der Waals surface area contributed by atoms with Crippen molar-refractivity contribution in [1.29, 1.82) is 5.26 Å². The van der Waals surface area contributed by atoms with E-state index in [1.165, 1.54) is 0 Å². The van der Waals surface area contributed by atoms with Crippen LogP contribution in [0.2, 0.25) is 0 Å². The minimum absolute atomic E-state index is 0.497. The highest BCUT2D eigenvalue weighted by molar-refractivity contribution is 9.10. The van der Waals surface area contributed by atoms with Crippen molar-refractivity contribution in [2.45, 2.75) is 0 Å². The molecule has 0 radical (unpaired) electrons. The van der Waals surface area contributed by atoms with Gasteiger partial charge in [0.2, 0.25) is 0 Å². The fourth-order valence-electron chi connectivity index (χ4n) is 1.48. The predicted molar refractivity (Wildman–Crippen MR) is 72.9 cm³/mol. The van der Waals surface area contributed by atoms with E-state index in [4.69, 9.17) is 10.00 Å². The predicted octanol–water partition coefficient (Wildman–Crippen LogP) is 3.47. The first-order valence-electron chi connectivity index (χ1n) is 5.19. The van der Waals surface area contributed by atoms with Gasteiger partial charge in [-0.05, 0) is 24.3 Å². The Morgan fingerprint density at radius 3 is 2.94 bits per heavy atom. The first-order valence-corrected chi connectivity index (χ1v) is 5.99. The van der Waals surface area contributed by atoms with E-state index in [2.05, 4.69) is 32.3 Å². The van der Waals surface area contributed by atoms with E-state index in [0.717, 1.165) is 15.9 Å². The fourth-order valence-corrected chi connectivity index (χ4v) is 1.96. The van der Waals surface area contributed by atoms with Crippen molar-refractivity contribution in [2.24, 2.45) is 0 Å². The van der Waals surface area contributed by atoms with E-state index in [1.54, 1.807) is 25.4 Å². The summed E-state index contributed by atoms with van der Waals surface area (Å²) >= 11 is 3.40. The third-order valence-corrected chi connectivity index (χ3v) is 2.76. The Balaban J connectivity index is 2.34. The van der Waals surface area contributed by atoms with Crippen LogP contribution in [0.5, 0.6) is 5.75 Å². The summed E-state index contributed by atoms with van der Waals surface area (Å²) in [7, 11) is 1.60. The summed E-state index contributed by atoms with van der Waals surface area (Å²) in [4.78, 5) is 4.14. The summed E-state index contributed by atoms with van der Waals surface area (Å²) in [5, 5.41) is 12.1. The van der Waals surface area contributed by atoms with Crippen LogP contribution in [0.4, 0.5) is 11.5 Å². The van der Waals surface area contributed by atoms with E-state index in [0.29, 0.717) is 11.4 Å². The van der Waals surface area contributed by atoms with Crippen LogP contribution < -0.4 is 10.1 Å². The van der Waals surface area contributed by atoms with Crippen molar-refractivity contribution in [2.75, 3.05) is 12.4 Å². The normalized spacial score (nSPS) is 9.61. The summed E-state index contributed by atoms with van der Waals surface area (Å²) in [5.74, 6) is 1.25. The van der Waals surface area contributed by atoms with Gasteiger partial charge in [-0.15, -0.1) is 0 Å². The lowest BCUT2D eigenvalue weighted by Gasteiger charge is -2.09. The maximum absolute atomic E-state index is 8.99. The summed E-state index contributed by atoms with van der Waals surface area (Å²) in [6, 6.07) is 11.1. The number of halogens is 1. The van der Waals surface area contributed by atoms with Crippen molar-refractivity contribution in [1.82, 2.24) is 4.98 Å². The first-order chi connectivity index (χ1) is 8.72. The monoisotopic (exact) mass is 303 g/mol. The van der Waals surface area contributed by atoms with E-state index in [9.17, 15) is 0 Å². The molecule has 2 aromatic rings. The number of methoxy groups -OCH3 is 1. The molecule has 1 heterocycles. The number of benzene rings is 1. The molecule has 0 aliphatic carbocycles. The summed E-state index contributed by atoms with van der Waals surface area (Å²) in [6.07, 6.45) is 1.64.